The van der Waals surface area contributed by atoms with Gasteiger partial charge in [0.15, 0.2) is 12.7 Å². The molecule has 0 N–H and O–H groups in total. The Morgan fingerprint density at radius 3 is 2.08 bits per heavy atom. The van der Waals surface area contributed by atoms with E-state index in [4.69, 9.17) is 14.2 Å². The summed E-state index contributed by atoms with van der Waals surface area (Å²) in [5.41, 5.74) is 3.58. The Bertz CT molecular complexity index is 827. The molecule has 1 aromatic heterocycles. The van der Waals surface area contributed by atoms with E-state index < -0.39 is 0 Å². The van der Waals surface area contributed by atoms with Gasteiger partial charge >= 0.3 is 5.97 Å². The number of thiazole rings is 1. The van der Waals surface area contributed by atoms with Crippen molar-refractivity contribution in [2.75, 3.05) is 26.4 Å². The van der Waals surface area contributed by atoms with Crippen molar-refractivity contribution in [1.82, 2.24) is 0 Å². The highest BCUT2D eigenvalue weighted by Gasteiger charge is 2.18. The zero-order valence-corrected chi connectivity index (χ0v) is 24.9. The Morgan fingerprint density at radius 1 is 0.842 bits per heavy atom. The molecule has 2 rings (SSSR count). The molecule has 0 radical (unpaired) electrons. The first-order valence-corrected chi connectivity index (χ1v) is 16.0. The standard InChI is InChI=1S/C32H52NO4S/c1-3-5-6-7-8-9-10-11-12-13-14-15-16-19-23-35-26-30(36-4-2)27-37-32(34)31-21-18-17-20-29(31)25-33-22-24-38-28-33/h17-18,20-22,24,28,30H,3-16,19,23,25-27H2,1-2H3/q+1. The molecule has 1 aromatic carbocycles. The molecule has 0 amide bonds. The molecule has 1 atom stereocenters. The molecular weight excluding hydrogens is 494 g/mol. The van der Waals surface area contributed by atoms with Gasteiger partial charge in [-0.1, -0.05) is 120 Å². The first kappa shape index (κ1) is 32.5. The molecule has 6 heteroatoms. The molecule has 0 aliphatic rings. The second-order valence-electron chi connectivity index (χ2n) is 10.2. The van der Waals surface area contributed by atoms with Crippen molar-refractivity contribution >= 4 is 17.3 Å². The first-order chi connectivity index (χ1) is 18.7. The van der Waals surface area contributed by atoms with E-state index in [1.165, 1.54) is 83.5 Å². The van der Waals surface area contributed by atoms with Crippen LogP contribution in [0.5, 0.6) is 0 Å². The topological polar surface area (TPSA) is 48.6 Å². The van der Waals surface area contributed by atoms with Crippen molar-refractivity contribution in [1.29, 1.82) is 0 Å². The highest BCUT2D eigenvalue weighted by molar-refractivity contribution is 7.07. The van der Waals surface area contributed by atoms with E-state index in [1.807, 2.05) is 48.3 Å². The van der Waals surface area contributed by atoms with Crippen molar-refractivity contribution < 1.29 is 23.6 Å². The number of ether oxygens (including phenoxy) is 3. The molecule has 0 saturated heterocycles. The van der Waals surface area contributed by atoms with Gasteiger partial charge in [0.25, 0.3) is 0 Å². The van der Waals surface area contributed by atoms with Gasteiger partial charge in [0.1, 0.15) is 12.7 Å². The van der Waals surface area contributed by atoms with Crippen LogP contribution >= 0.6 is 11.3 Å². The number of nitrogens with zero attached hydrogens (tertiary/aromatic N) is 1. The summed E-state index contributed by atoms with van der Waals surface area (Å²) in [5.74, 6) is -0.312. The van der Waals surface area contributed by atoms with Crippen LogP contribution in [-0.2, 0) is 20.8 Å². The van der Waals surface area contributed by atoms with Crippen LogP contribution in [0.4, 0.5) is 0 Å². The molecule has 2 aromatic rings. The lowest BCUT2D eigenvalue weighted by Gasteiger charge is -2.17. The number of hydrogen-bond donors (Lipinski definition) is 0. The van der Waals surface area contributed by atoms with E-state index in [0.717, 1.165) is 18.6 Å². The minimum atomic E-state index is -0.312. The molecule has 0 fully saturated rings. The number of unbranched alkanes of at least 4 members (excludes halogenated alkanes) is 13. The van der Waals surface area contributed by atoms with Gasteiger partial charge in [-0.15, -0.1) is 0 Å². The zero-order chi connectivity index (χ0) is 27.1. The highest BCUT2D eigenvalue weighted by Crippen LogP contribution is 2.14. The third-order valence-electron chi connectivity index (χ3n) is 6.87. The number of carbonyl (C=O) groups is 1. The first-order valence-electron chi connectivity index (χ1n) is 15.1. The van der Waals surface area contributed by atoms with Crippen molar-refractivity contribution in [3.63, 3.8) is 0 Å². The van der Waals surface area contributed by atoms with Crippen LogP contribution in [0.3, 0.4) is 0 Å². The zero-order valence-electron chi connectivity index (χ0n) is 24.0. The Morgan fingerprint density at radius 2 is 1.47 bits per heavy atom. The molecule has 38 heavy (non-hydrogen) atoms. The highest BCUT2D eigenvalue weighted by atomic mass is 32.1. The maximum Gasteiger partial charge on any atom is 0.338 e. The number of hydrogen-bond acceptors (Lipinski definition) is 5. The Balaban J connectivity index is 1.51. The Labute approximate surface area is 235 Å². The summed E-state index contributed by atoms with van der Waals surface area (Å²) >= 11 is 1.63. The molecule has 0 spiro atoms. The molecule has 1 unspecified atom stereocenters. The van der Waals surface area contributed by atoms with Gasteiger partial charge in [-0.05, 0) is 19.4 Å². The smallest absolute Gasteiger partial charge is 0.338 e. The quantitative estimate of drug-likeness (QED) is 0.0757. The number of rotatable bonds is 24. The maximum absolute atomic E-state index is 12.8. The van der Waals surface area contributed by atoms with E-state index in [1.54, 1.807) is 11.3 Å². The number of carbonyl (C=O) groups excluding carboxylic acids is 1. The molecule has 0 saturated carbocycles. The van der Waals surface area contributed by atoms with Crippen molar-refractivity contribution in [3.05, 3.63) is 52.5 Å². The van der Waals surface area contributed by atoms with E-state index in [0.29, 0.717) is 25.3 Å². The van der Waals surface area contributed by atoms with Crippen molar-refractivity contribution in [2.24, 2.45) is 0 Å². The van der Waals surface area contributed by atoms with Crippen LogP contribution in [0.15, 0.2) is 41.4 Å². The van der Waals surface area contributed by atoms with Gasteiger partial charge in [0.2, 0.25) is 5.51 Å². The predicted molar refractivity (Wildman–Crippen MR) is 157 cm³/mol. The van der Waals surface area contributed by atoms with E-state index in [-0.39, 0.29) is 18.7 Å². The third kappa shape index (κ3) is 15.0. The average molecular weight is 547 g/mol. The molecule has 1 heterocycles. The van der Waals surface area contributed by atoms with E-state index in [2.05, 4.69) is 11.5 Å². The average Bonchev–Trinajstić information content (AvgIpc) is 3.44. The summed E-state index contributed by atoms with van der Waals surface area (Å²) in [6.07, 6.45) is 20.7. The maximum atomic E-state index is 12.8. The third-order valence-corrected chi connectivity index (χ3v) is 7.54. The van der Waals surface area contributed by atoms with Gasteiger partial charge in [-0.3, -0.25) is 0 Å². The Hall–Kier alpha value is -1.76. The van der Waals surface area contributed by atoms with E-state index in [9.17, 15) is 4.79 Å². The molecule has 0 aliphatic carbocycles. The van der Waals surface area contributed by atoms with Gasteiger partial charge in [-0.25, -0.2) is 4.79 Å². The summed E-state index contributed by atoms with van der Waals surface area (Å²) in [5, 5.41) is 2.02. The number of esters is 1. The summed E-state index contributed by atoms with van der Waals surface area (Å²) in [4.78, 5) is 12.8. The summed E-state index contributed by atoms with van der Waals surface area (Å²) in [7, 11) is 0. The van der Waals surface area contributed by atoms with Gasteiger partial charge in [0.05, 0.1) is 17.6 Å². The predicted octanol–water partition coefficient (Wildman–Crippen LogP) is 8.14. The fourth-order valence-corrected chi connectivity index (χ4v) is 5.24. The summed E-state index contributed by atoms with van der Waals surface area (Å²) < 4.78 is 19.3. The van der Waals surface area contributed by atoms with Crippen LogP contribution in [0.25, 0.3) is 0 Å². The second kappa shape index (κ2) is 22.1. The molecule has 214 valence electrons. The van der Waals surface area contributed by atoms with Crippen LogP contribution in [0.1, 0.15) is 120 Å². The fraction of sp³-hybridized carbons (Fsp3) is 0.688. The second-order valence-corrected chi connectivity index (χ2v) is 11.0. The largest absolute Gasteiger partial charge is 0.459 e. The summed E-state index contributed by atoms with van der Waals surface area (Å²) in [6.45, 7) is 6.83. The van der Waals surface area contributed by atoms with Gasteiger partial charge in [-0.2, -0.15) is 4.57 Å². The normalized spacial score (nSPS) is 12.1. The molecular formula is C32H52NO4S+. The number of benzene rings is 1. The Kier molecular flexibility index (Phi) is 18.9. The van der Waals surface area contributed by atoms with Gasteiger partial charge in [0, 0.05) is 18.8 Å². The lowest BCUT2D eigenvalue weighted by Crippen LogP contribution is -2.32. The lowest BCUT2D eigenvalue weighted by atomic mass is 10.0. The molecule has 5 nitrogen and oxygen atoms in total. The fourth-order valence-electron chi connectivity index (χ4n) is 4.65. The van der Waals surface area contributed by atoms with E-state index >= 15 is 0 Å². The van der Waals surface area contributed by atoms with Crippen LogP contribution in [0.2, 0.25) is 0 Å². The summed E-state index contributed by atoms with van der Waals surface area (Å²) in [6, 6.07) is 7.62. The van der Waals surface area contributed by atoms with Crippen molar-refractivity contribution in [3.8, 4) is 0 Å². The SMILES string of the molecule is CCCCCCCCCCCCCCCCOCC(COC(=O)c1ccccc1C[n+]1ccsc1)OCC. The van der Waals surface area contributed by atoms with Crippen LogP contribution in [0, 0.1) is 0 Å². The molecule has 0 aliphatic heterocycles. The minimum absolute atomic E-state index is 0.200. The monoisotopic (exact) mass is 546 g/mol. The minimum Gasteiger partial charge on any atom is -0.459 e. The number of aromatic nitrogens is 1. The van der Waals surface area contributed by atoms with Crippen LogP contribution < -0.4 is 4.57 Å². The van der Waals surface area contributed by atoms with Crippen molar-refractivity contribution in [2.45, 2.75) is 116 Å². The lowest BCUT2D eigenvalue weighted by molar-refractivity contribution is -0.683. The molecule has 0 bridgehead atoms. The van der Waals surface area contributed by atoms with Crippen LogP contribution in [-0.4, -0.2) is 38.5 Å². The van der Waals surface area contributed by atoms with Gasteiger partial charge < -0.3 is 14.2 Å².